The van der Waals surface area contributed by atoms with Crippen molar-refractivity contribution in [1.29, 1.82) is 0 Å². The summed E-state index contributed by atoms with van der Waals surface area (Å²) in [4.78, 5) is 2.30. The third-order valence-corrected chi connectivity index (χ3v) is 6.24. The molecular formula is C22H25N5O2S. The molecule has 1 aliphatic rings. The molecule has 8 heteroatoms. The monoisotopic (exact) mass is 423 g/mol. The van der Waals surface area contributed by atoms with Crippen LogP contribution in [0.15, 0.2) is 60.8 Å². The lowest BCUT2D eigenvalue weighted by molar-refractivity contribution is 0.600. The molecule has 2 heterocycles. The number of sulfonamides is 1. The van der Waals surface area contributed by atoms with Gasteiger partial charge in [0, 0.05) is 30.5 Å². The van der Waals surface area contributed by atoms with E-state index in [0.29, 0.717) is 11.5 Å². The number of anilines is 4. The van der Waals surface area contributed by atoms with Crippen molar-refractivity contribution < 1.29 is 8.42 Å². The first-order valence-electron chi connectivity index (χ1n) is 9.98. The predicted molar refractivity (Wildman–Crippen MR) is 121 cm³/mol. The second-order valence-corrected chi connectivity index (χ2v) is 9.27. The predicted octanol–water partition coefficient (Wildman–Crippen LogP) is 4.07. The third kappa shape index (κ3) is 5.27. The molecular weight excluding hydrogens is 398 g/mol. The average Bonchev–Trinajstić information content (AvgIpc) is 3.24. The summed E-state index contributed by atoms with van der Waals surface area (Å²) in [6, 6.07) is 16.6. The number of aryl methyl sites for hydroxylation is 1. The molecule has 1 saturated heterocycles. The summed E-state index contributed by atoms with van der Waals surface area (Å²) in [5.74, 6) is 0.597. The Kier molecular flexibility index (Phi) is 5.85. The molecule has 2 N–H and O–H groups in total. The Morgan fingerprint density at radius 3 is 2.47 bits per heavy atom. The van der Waals surface area contributed by atoms with Crippen LogP contribution in [-0.2, 0) is 15.8 Å². The lowest BCUT2D eigenvalue weighted by atomic mass is 10.2. The van der Waals surface area contributed by atoms with Crippen LogP contribution in [0.25, 0.3) is 0 Å². The lowest BCUT2D eigenvalue weighted by Gasteiger charge is -2.17. The second kappa shape index (κ2) is 8.71. The normalized spacial score (nSPS) is 14.0. The van der Waals surface area contributed by atoms with E-state index in [1.165, 1.54) is 12.8 Å². The molecule has 0 radical (unpaired) electrons. The largest absolute Gasteiger partial charge is 0.370 e. The van der Waals surface area contributed by atoms with Crippen molar-refractivity contribution in [2.24, 2.45) is 0 Å². The molecule has 0 spiro atoms. The average molecular weight is 424 g/mol. The third-order valence-electron chi connectivity index (χ3n) is 4.98. The van der Waals surface area contributed by atoms with Crippen LogP contribution in [0.3, 0.4) is 0 Å². The van der Waals surface area contributed by atoms with Crippen molar-refractivity contribution in [3.8, 4) is 0 Å². The van der Waals surface area contributed by atoms with Crippen molar-refractivity contribution >= 4 is 32.9 Å². The van der Waals surface area contributed by atoms with Gasteiger partial charge in [0.25, 0.3) is 0 Å². The maximum atomic E-state index is 12.5. The van der Waals surface area contributed by atoms with E-state index in [1.807, 2.05) is 49.4 Å². The summed E-state index contributed by atoms with van der Waals surface area (Å²) in [5, 5.41) is 11.5. The highest BCUT2D eigenvalue weighted by Gasteiger charge is 2.14. The molecule has 0 saturated carbocycles. The van der Waals surface area contributed by atoms with Crippen molar-refractivity contribution in [2.45, 2.75) is 25.5 Å². The SMILES string of the molecule is Cc1cccc(CS(=O)(=O)Nc2ccc(Nc3cc(N4CCCC4)cnn3)cc2)c1. The molecule has 0 aliphatic carbocycles. The van der Waals surface area contributed by atoms with Crippen LogP contribution in [0.2, 0.25) is 0 Å². The van der Waals surface area contributed by atoms with Gasteiger partial charge < -0.3 is 10.2 Å². The summed E-state index contributed by atoms with van der Waals surface area (Å²) in [7, 11) is -3.49. The van der Waals surface area contributed by atoms with Crippen molar-refractivity contribution in [3.05, 3.63) is 71.9 Å². The van der Waals surface area contributed by atoms with Gasteiger partial charge in [-0.25, -0.2) is 8.42 Å². The Bertz CT molecular complexity index is 1110. The van der Waals surface area contributed by atoms with Crippen LogP contribution in [0, 0.1) is 6.92 Å². The van der Waals surface area contributed by atoms with Crippen LogP contribution in [0.5, 0.6) is 0 Å². The summed E-state index contributed by atoms with van der Waals surface area (Å²) >= 11 is 0. The molecule has 1 fully saturated rings. The number of nitrogens with one attached hydrogen (secondary N) is 2. The number of hydrogen-bond donors (Lipinski definition) is 2. The minimum Gasteiger partial charge on any atom is -0.370 e. The zero-order valence-electron chi connectivity index (χ0n) is 16.9. The van der Waals surface area contributed by atoms with Crippen LogP contribution >= 0.6 is 0 Å². The van der Waals surface area contributed by atoms with Crippen LogP contribution < -0.4 is 14.9 Å². The maximum absolute atomic E-state index is 12.5. The van der Waals surface area contributed by atoms with Crippen molar-refractivity contribution in [2.75, 3.05) is 28.0 Å². The van der Waals surface area contributed by atoms with Gasteiger partial charge in [0.1, 0.15) is 0 Å². The maximum Gasteiger partial charge on any atom is 0.236 e. The highest BCUT2D eigenvalue weighted by Crippen LogP contribution is 2.24. The zero-order valence-corrected chi connectivity index (χ0v) is 17.7. The Hall–Kier alpha value is -3.13. The second-order valence-electron chi connectivity index (χ2n) is 7.55. The fourth-order valence-corrected chi connectivity index (χ4v) is 4.76. The summed E-state index contributed by atoms with van der Waals surface area (Å²) < 4.78 is 27.6. The number of benzene rings is 2. The molecule has 7 nitrogen and oxygen atoms in total. The van der Waals surface area contributed by atoms with Gasteiger partial charge in [0.2, 0.25) is 10.0 Å². The van der Waals surface area contributed by atoms with Gasteiger partial charge in [-0.15, -0.1) is 5.10 Å². The van der Waals surface area contributed by atoms with Gasteiger partial charge in [-0.1, -0.05) is 29.8 Å². The summed E-state index contributed by atoms with van der Waals surface area (Å²) in [6.07, 6.45) is 4.18. The minimum atomic E-state index is -3.49. The number of aromatic nitrogens is 2. The Morgan fingerprint density at radius 2 is 1.73 bits per heavy atom. The number of hydrogen-bond acceptors (Lipinski definition) is 6. The molecule has 30 heavy (non-hydrogen) atoms. The van der Waals surface area contributed by atoms with E-state index >= 15 is 0 Å². The first kappa shape index (κ1) is 20.2. The van der Waals surface area contributed by atoms with E-state index in [2.05, 4.69) is 25.1 Å². The number of rotatable bonds is 7. The Labute approximate surface area is 177 Å². The van der Waals surface area contributed by atoms with Gasteiger partial charge in [0.15, 0.2) is 5.82 Å². The first-order chi connectivity index (χ1) is 14.5. The molecule has 0 atom stereocenters. The fraction of sp³-hybridized carbons (Fsp3) is 0.273. The van der Waals surface area contributed by atoms with E-state index in [4.69, 9.17) is 0 Å². The van der Waals surface area contributed by atoms with Crippen molar-refractivity contribution in [3.63, 3.8) is 0 Å². The van der Waals surface area contributed by atoms with E-state index in [9.17, 15) is 8.42 Å². The smallest absolute Gasteiger partial charge is 0.236 e. The topological polar surface area (TPSA) is 87.2 Å². The molecule has 0 amide bonds. The summed E-state index contributed by atoms with van der Waals surface area (Å²) in [6.45, 7) is 4.03. The quantitative estimate of drug-likeness (QED) is 0.596. The molecule has 1 aromatic heterocycles. The van der Waals surface area contributed by atoms with Gasteiger partial charge in [-0.05, 0) is 49.6 Å². The van der Waals surface area contributed by atoms with E-state index in [-0.39, 0.29) is 5.75 Å². The molecule has 4 rings (SSSR count). The van der Waals surface area contributed by atoms with Crippen molar-refractivity contribution in [1.82, 2.24) is 10.2 Å². The van der Waals surface area contributed by atoms with E-state index in [1.54, 1.807) is 18.3 Å². The first-order valence-corrected chi connectivity index (χ1v) is 11.6. The molecule has 3 aromatic rings. The highest BCUT2D eigenvalue weighted by molar-refractivity contribution is 7.91. The molecule has 2 aromatic carbocycles. The van der Waals surface area contributed by atoms with Gasteiger partial charge in [-0.2, -0.15) is 5.10 Å². The van der Waals surface area contributed by atoms with Crippen LogP contribution in [0.4, 0.5) is 22.9 Å². The van der Waals surface area contributed by atoms with Gasteiger partial charge in [0.05, 0.1) is 17.6 Å². The fourth-order valence-electron chi connectivity index (χ4n) is 3.57. The van der Waals surface area contributed by atoms with Gasteiger partial charge >= 0.3 is 0 Å². The summed E-state index contributed by atoms with van der Waals surface area (Å²) in [5.41, 5.74) is 4.19. The number of nitrogens with zero attached hydrogens (tertiary/aromatic N) is 3. The lowest BCUT2D eigenvalue weighted by Crippen LogP contribution is -2.18. The van der Waals surface area contributed by atoms with Crippen LogP contribution in [-0.4, -0.2) is 31.7 Å². The van der Waals surface area contributed by atoms with Gasteiger partial charge in [-0.3, -0.25) is 4.72 Å². The molecule has 0 bridgehead atoms. The Morgan fingerprint density at radius 1 is 1.00 bits per heavy atom. The highest BCUT2D eigenvalue weighted by atomic mass is 32.2. The molecule has 156 valence electrons. The Balaban J connectivity index is 1.40. The zero-order chi connectivity index (χ0) is 21.0. The molecule has 0 unspecified atom stereocenters. The van der Waals surface area contributed by atoms with E-state index < -0.39 is 10.0 Å². The minimum absolute atomic E-state index is 0.0619. The van der Waals surface area contributed by atoms with E-state index in [0.717, 1.165) is 35.6 Å². The molecule has 1 aliphatic heterocycles. The van der Waals surface area contributed by atoms with Crippen LogP contribution in [0.1, 0.15) is 24.0 Å². The standard InChI is InChI=1S/C22H25N5O2S/c1-17-5-4-6-18(13-17)16-30(28,29)26-20-9-7-19(8-10-20)24-22-14-21(15-23-25-22)27-11-2-3-12-27/h4-10,13-15,26H,2-3,11-12,16H2,1H3,(H,24,25).